The van der Waals surface area contributed by atoms with Gasteiger partial charge >= 0.3 is 0 Å². The first-order valence-electron chi connectivity index (χ1n) is 9.32. The molecular formula is C21H12Cl2N8. The number of imidazole rings is 1. The maximum Gasteiger partial charge on any atom is 0.189 e. The van der Waals surface area contributed by atoms with E-state index in [0.717, 1.165) is 16.6 Å². The predicted molar refractivity (Wildman–Crippen MR) is 118 cm³/mol. The Labute approximate surface area is 185 Å². The quantitative estimate of drug-likeness (QED) is 0.420. The fraction of sp³-hybridized carbons (Fsp3) is 0. The molecule has 0 radical (unpaired) electrons. The van der Waals surface area contributed by atoms with Gasteiger partial charge in [-0.25, -0.2) is 9.50 Å². The van der Waals surface area contributed by atoms with Gasteiger partial charge in [0.15, 0.2) is 11.5 Å². The second-order valence-electron chi connectivity index (χ2n) is 6.89. The lowest BCUT2D eigenvalue weighted by atomic mass is 10.1. The summed E-state index contributed by atoms with van der Waals surface area (Å²) in [6.07, 6.45) is 5.12. The van der Waals surface area contributed by atoms with Crippen LogP contribution in [0.5, 0.6) is 0 Å². The van der Waals surface area contributed by atoms with Crippen molar-refractivity contribution in [1.82, 2.24) is 39.6 Å². The van der Waals surface area contributed by atoms with Gasteiger partial charge in [-0.3, -0.25) is 9.67 Å². The van der Waals surface area contributed by atoms with Crippen molar-refractivity contribution in [3.05, 3.63) is 77.3 Å². The van der Waals surface area contributed by atoms with E-state index >= 15 is 0 Å². The summed E-state index contributed by atoms with van der Waals surface area (Å²) in [5.74, 6) is 0.566. The number of rotatable bonds is 3. The van der Waals surface area contributed by atoms with E-state index in [1.54, 1.807) is 41.4 Å². The van der Waals surface area contributed by atoms with E-state index < -0.39 is 0 Å². The highest BCUT2D eigenvalue weighted by atomic mass is 35.5. The summed E-state index contributed by atoms with van der Waals surface area (Å²) in [6, 6.07) is 14.9. The monoisotopic (exact) mass is 446 g/mol. The van der Waals surface area contributed by atoms with Crippen molar-refractivity contribution >= 4 is 39.8 Å². The Hall–Kier alpha value is -3.75. The highest BCUT2D eigenvalue weighted by Crippen LogP contribution is 2.37. The van der Waals surface area contributed by atoms with Crippen LogP contribution in [0.3, 0.4) is 0 Å². The van der Waals surface area contributed by atoms with Crippen LogP contribution in [-0.2, 0) is 0 Å². The molecule has 6 aromatic rings. The van der Waals surface area contributed by atoms with Gasteiger partial charge in [0.2, 0.25) is 0 Å². The summed E-state index contributed by atoms with van der Waals surface area (Å²) < 4.78 is 3.60. The maximum atomic E-state index is 6.52. The molecule has 150 valence electrons. The number of nitrogens with one attached hydrogen (secondary N) is 1. The smallest absolute Gasteiger partial charge is 0.189 e. The Bertz CT molecular complexity index is 1580. The van der Waals surface area contributed by atoms with Crippen molar-refractivity contribution in [3.8, 4) is 28.5 Å². The average Bonchev–Trinajstić information content (AvgIpc) is 3.52. The van der Waals surface area contributed by atoms with Crippen LogP contribution in [0.2, 0.25) is 10.0 Å². The number of hydrogen-bond acceptors (Lipinski definition) is 5. The second kappa shape index (κ2) is 6.90. The summed E-state index contributed by atoms with van der Waals surface area (Å²) in [5, 5.41) is 22.2. The van der Waals surface area contributed by atoms with Crippen LogP contribution >= 0.6 is 23.2 Å². The highest BCUT2D eigenvalue weighted by Gasteiger charge is 2.23. The molecule has 4 heterocycles. The molecule has 0 amide bonds. The molecule has 0 aliphatic carbocycles. The van der Waals surface area contributed by atoms with Gasteiger partial charge in [-0.2, -0.15) is 10.2 Å². The molecule has 8 nitrogen and oxygen atoms in total. The Morgan fingerprint density at radius 2 is 1.94 bits per heavy atom. The Balaban J connectivity index is 1.64. The summed E-state index contributed by atoms with van der Waals surface area (Å²) in [4.78, 5) is 4.78. The van der Waals surface area contributed by atoms with E-state index in [-0.39, 0.29) is 0 Å². The number of benzene rings is 2. The van der Waals surface area contributed by atoms with Gasteiger partial charge < -0.3 is 0 Å². The van der Waals surface area contributed by atoms with Crippen molar-refractivity contribution in [2.45, 2.75) is 0 Å². The largest absolute Gasteiger partial charge is 0.280 e. The van der Waals surface area contributed by atoms with Gasteiger partial charge in [0.05, 0.1) is 22.4 Å². The van der Waals surface area contributed by atoms with Crippen molar-refractivity contribution < 1.29 is 0 Å². The molecule has 0 spiro atoms. The van der Waals surface area contributed by atoms with E-state index in [4.69, 9.17) is 28.2 Å². The van der Waals surface area contributed by atoms with Crippen molar-refractivity contribution in [1.29, 1.82) is 0 Å². The van der Waals surface area contributed by atoms with Crippen LogP contribution in [-0.4, -0.2) is 39.6 Å². The lowest BCUT2D eigenvalue weighted by molar-refractivity contribution is 0.921. The zero-order valence-corrected chi connectivity index (χ0v) is 17.2. The van der Waals surface area contributed by atoms with Crippen molar-refractivity contribution in [2.75, 3.05) is 0 Å². The molecule has 4 aromatic heterocycles. The zero-order chi connectivity index (χ0) is 20.9. The van der Waals surface area contributed by atoms with Crippen molar-refractivity contribution in [3.63, 3.8) is 0 Å². The van der Waals surface area contributed by atoms with Gasteiger partial charge in [-0.1, -0.05) is 23.2 Å². The lowest BCUT2D eigenvalue weighted by Crippen LogP contribution is -2.01. The predicted octanol–water partition coefficient (Wildman–Crippen LogP) is 4.83. The molecule has 0 unspecified atom stereocenters. The zero-order valence-electron chi connectivity index (χ0n) is 15.7. The van der Waals surface area contributed by atoms with Crippen molar-refractivity contribution in [2.24, 2.45) is 0 Å². The molecule has 0 atom stereocenters. The number of fused-ring (bicyclic) bond motifs is 2. The summed E-state index contributed by atoms with van der Waals surface area (Å²) in [6.45, 7) is 0. The van der Waals surface area contributed by atoms with E-state index in [1.165, 1.54) is 0 Å². The number of aromatic nitrogens is 8. The molecule has 0 saturated carbocycles. The number of aromatic amines is 1. The SMILES string of the molecule is Clc1ccc(Cl)c(-c2nc3cccnn3c2-c2nncn2-c2ccc3cn[nH]c3c2)c1. The van der Waals surface area contributed by atoms with Gasteiger partial charge in [-0.15, -0.1) is 10.2 Å². The third-order valence-electron chi connectivity index (χ3n) is 5.04. The van der Waals surface area contributed by atoms with Crippen LogP contribution in [0, 0.1) is 0 Å². The molecule has 10 heteroatoms. The topological polar surface area (TPSA) is 89.6 Å². The minimum absolute atomic E-state index is 0.527. The van der Waals surface area contributed by atoms with Gasteiger partial charge in [-0.05, 0) is 48.5 Å². The minimum atomic E-state index is 0.527. The Morgan fingerprint density at radius 3 is 2.87 bits per heavy atom. The molecule has 31 heavy (non-hydrogen) atoms. The fourth-order valence-electron chi connectivity index (χ4n) is 3.62. The Kier molecular flexibility index (Phi) is 4.02. The third-order valence-corrected chi connectivity index (χ3v) is 5.60. The molecule has 0 aliphatic rings. The van der Waals surface area contributed by atoms with Gasteiger partial charge in [0.25, 0.3) is 0 Å². The molecule has 6 rings (SSSR count). The maximum absolute atomic E-state index is 6.52. The second-order valence-corrected chi connectivity index (χ2v) is 7.74. The standard InChI is InChI=1S/C21H12Cl2N8/c22-13-4-6-16(23)15(8-13)19-20(31-18(27-19)2-1-7-26-31)21-29-25-11-30(21)14-5-3-12-10-24-28-17(12)9-14/h1-11H,(H,24,28). The molecule has 0 fully saturated rings. The number of H-pyrrole nitrogens is 1. The number of nitrogens with zero attached hydrogens (tertiary/aromatic N) is 7. The average molecular weight is 447 g/mol. The molecule has 0 saturated heterocycles. The first kappa shape index (κ1) is 18.1. The summed E-state index contributed by atoms with van der Waals surface area (Å²) in [7, 11) is 0. The third kappa shape index (κ3) is 2.88. The first-order valence-corrected chi connectivity index (χ1v) is 10.1. The van der Waals surface area contributed by atoms with Gasteiger partial charge in [0.1, 0.15) is 17.7 Å². The number of hydrogen-bond donors (Lipinski definition) is 1. The van der Waals surface area contributed by atoms with E-state index in [9.17, 15) is 0 Å². The molecule has 0 aliphatic heterocycles. The lowest BCUT2D eigenvalue weighted by Gasteiger charge is -2.09. The van der Waals surface area contributed by atoms with Crippen LogP contribution in [0.15, 0.2) is 67.3 Å². The first-order chi connectivity index (χ1) is 15.2. The van der Waals surface area contributed by atoms with Crippen LogP contribution < -0.4 is 0 Å². The Morgan fingerprint density at radius 1 is 1.00 bits per heavy atom. The molecular weight excluding hydrogens is 435 g/mol. The van der Waals surface area contributed by atoms with Gasteiger partial charge in [0, 0.05) is 22.2 Å². The summed E-state index contributed by atoms with van der Waals surface area (Å²) in [5.41, 5.74) is 4.39. The molecule has 1 N–H and O–H groups in total. The van der Waals surface area contributed by atoms with Crippen LogP contribution in [0.1, 0.15) is 0 Å². The minimum Gasteiger partial charge on any atom is -0.280 e. The van der Waals surface area contributed by atoms with E-state index in [0.29, 0.717) is 38.5 Å². The van der Waals surface area contributed by atoms with E-state index in [1.807, 2.05) is 34.9 Å². The molecule has 0 bridgehead atoms. The molecule has 2 aromatic carbocycles. The van der Waals surface area contributed by atoms with E-state index in [2.05, 4.69) is 25.5 Å². The number of halogens is 2. The summed E-state index contributed by atoms with van der Waals surface area (Å²) >= 11 is 12.8. The van der Waals surface area contributed by atoms with Crippen LogP contribution in [0.4, 0.5) is 0 Å². The normalized spacial score (nSPS) is 11.5. The van der Waals surface area contributed by atoms with Crippen LogP contribution in [0.25, 0.3) is 45.0 Å². The highest BCUT2D eigenvalue weighted by molar-refractivity contribution is 6.35. The fourth-order valence-corrected chi connectivity index (χ4v) is 4.00.